The van der Waals surface area contributed by atoms with Crippen LogP contribution >= 0.6 is 22.9 Å². The standard InChI is InChI=1S/C27H30ClNO3S/c1-5-15(6-2)23-19(8-4)25(30)24(26(23)31)20-14-18(11-9-16(20)7-3)32-27-29-21-13-17(28)10-12-22(21)33-27/h9-15,19,23,31H,5-8H2,1-4H3. The highest BCUT2D eigenvalue weighted by Gasteiger charge is 2.44. The van der Waals surface area contributed by atoms with Crippen LogP contribution in [-0.2, 0) is 11.2 Å². The Kier molecular flexibility index (Phi) is 7.10. The van der Waals surface area contributed by atoms with Crippen LogP contribution < -0.4 is 4.74 Å². The summed E-state index contributed by atoms with van der Waals surface area (Å²) in [6.07, 6.45) is 3.35. The van der Waals surface area contributed by atoms with Crippen LogP contribution in [0.4, 0.5) is 0 Å². The van der Waals surface area contributed by atoms with Crippen LogP contribution in [0.15, 0.2) is 42.2 Å². The number of nitrogens with zero attached hydrogens (tertiary/aromatic N) is 1. The number of rotatable bonds is 8. The van der Waals surface area contributed by atoms with Crippen molar-refractivity contribution in [3.8, 4) is 10.9 Å². The van der Waals surface area contributed by atoms with Crippen LogP contribution in [-0.4, -0.2) is 15.9 Å². The molecule has 1 aromatic heterocycles. The smallest absolute Gasteiger partial charge is 0.279 e. The molecule has 0 fully saturated rings. The molecule has 6 heteroatoms. The van der Waals surface area contributed by atoms with Gasteiger partial charge in [-0.15, -0.1) is 0 Å². The Morgan fingerprint density at radius 1 is 1.12 bits per heavy atom. The zero-order valence-electron chi connectivity index (χ0n) is 19.5. The van der Waals surface area contributed by atoms with Crippen molar-refractivity contribution < 1.29 is 14.6 Å². The predicted octanol–water partition coefficient (Wildman–Crippen LogP) is 8.23. The van der Waals surface area contributed by atoms with Crippen LogP contribution in [0.1, 0.15) is 58.1 Å². The number of hydrogen-bond donors (Lipinski definition) is 1. The molecular formula is C27H30ClNO3S. The molecule has 4 rings (SSSR count). The summed E-state index contributed by atoms with van der Waals surface area (Å²) in [5, 5.41) is 12.5. The number of aryl methyl sites for hydroxylation is 1. The lowest BCUT2D eigenvalue weighted by molar-refractivity contribution is -0.118. The van der Waals surface area contributed by atoms with Crippen molar-refractivity contribution in [1.29, 1.82) is 0 Å². The molecule has 174 valence electrons. The fourth-order valence-electron chi connectivity index (χ4n) is 5.07. The van der Waals surface area contributed by atoms with Gasteiger partial charge in [0.2, 0.25) is 0 Å². The molecule has 1 aliphatic rings. The minimum Gasteiger partial charge on any atom is -0.511 e. The number of halogens is 1. The molecule has 2 atom stereocenters. The number of aliphatic hydroxyl groups is 1. The van der Waals surface area contributed by atoms with E-state index >= 15 is 0 Å². The van der Waals surface area contributed by atoms with Gasteiger partial charge in [0.05, 0.1) is 15.8 Å². The quantitative estimate of drug-likeness (QED) is 0.350. The summed E-state index contributed by atoms with van der Waals surface area (Å²) in [6, 6.07) is 11.3. The summed E-state index contributed by atoms with van der Waals surface area (Å²) >= 11 is 7.53. The molecule has 2 unspecified atom stereocenters. The van der Waals surface area contributed by atoms with Crippen molar-refractivity contribution in [3.05, 3.63) is 58.3 Å². The van der Waals surface area contributed by atoms with Crippen molar-refractivity contribution in [1.82, 2.24) is 4.98 Å². The highest BCUT2D eigenvalue weighted by molar-refractivity contribution is 7.20. The molecule has 3 aromatic rings. The second-order valence-corrected chi connectivity index (χ2v) is 10.0. The van der Waals surface area contributed by atoms with Gasteiger partial charge < -0.3 is 9.84 Å². The van der Waals surface area contributed by atoms with Gasteiger partial charge in [-0.05, 0) is 60.2 Å². The Balaban J connectivity index is 1.75. The molecule has 1 aliphatic carbocycles. The molecule has 0 aliphatic heterocycles. The van der Waals surface area contributed by atoms with Crippen LogP contribution in [0, 0.1) is 17.8 Å². The number of carbonyl (C=O) groups excluding carboxylic acids is 1. The zero-order valence-corrected chi connectivity index (χ0v) is 21.1. The molecule has 0 bridgehead atoms. The Morgan fingerprint density at radius 3 is 2.55 bits per heavy atom. The summed E-state index contributed by atoms with van der Waals surface area (Å²) in [5.74, 6) is 0.898. The van der Waals surface area contributed by atoms with E-state index in [2.05, 4.69) is 25.8 Å². The van der Waals surface area contributed by atoms with Gasteiger partial charge in [-0.3, -0.25) is 4.79 Å². The Hall–Kier alpha value is -2.37. The lowest BCUT2D eigenvalue weighted by atomic mass is 9.78. The fourth-order valence-corrected chi connectivity index (χ4v) is 6.06. The number of hydrogen-bond acceptors (Lipinski definition) is 5. The van der Waals surface area contributed by atoms with E-state index in [0.717, 1.165) is 47.0 Å². The first kappa shape index (κ1) is 23.8. The normalized spacial score (nSPS) is 18.7. The average Bonchev–Trinajstić information content (AvgIpc) is 3.31. The van der Waals surface area contributed by atoms with Crippen LogP contribution in [0.5, 0.6) is 10.9 Å². The summed E-state index contributed by atoms with van der Waals surface area (Å²) in [6.45, 7) is 8.36. The SMILES string of the molecule is CCc1ccc(Oc2nc3cc(Cl)ccc3s2)cc1C1=C(O)C(C(CC)CC)C(CC)C1=O. The number of allylic oxidation sites excluding steroid dienone is 2. The summed E-state index contributed by atoms with van der Waals surface area (Å²) in [4.78, 5) is 18.0. The zero-order chi connectivity index (χ0) is 23.7. The third-order valence-corrected chi connectivity index (χ3v) is 8.00. The summed E-state index contributed by atoms with van der Waals surface area (Å²) in [7, 11) is 0. The van der Waals surface area contributed by atoms with E-state index in [4.69, 9.17) is 16.3 Å². The third kappa shape index (κ3) is 4.41. The molecule has 0 radical (unpaired) electrons. The number of thiazole rings is 1. The predicted molar refractivity (Wildman–Crippen MR) is 136 cm³/mol. The highest BCUT2D eigenvalue weighted by Crippen LogP contribution is 2.46. The number of Topliss-reactive ketones (excluding diaryl/α,β-unsaturated/α-hetero) is 1. The van der Waals surface area contributed by atoms with Crippen molar-refractivity contribution in [3.63, 3.8) is 0 Å². The maximum Gasteiger partial charge on any atom is 0.279 e. The fraction of sp³-hybridized carbons (Fsp3) is 0.407. The molecule has 1 N–H and O–H groups in total. The van der Waals surface area contributed by atoms with Crippen molar-refractivity contribution in [2.75, 3.05) is 0 Å². The van der Waals surface area contributed by atoms with E-state index in [1.54, 1.807) is 0 Å². The van der Waals surface area contributed by atoms with Gasteiger partial charge in [0.15, 0.2) is 5.78 Å². The van der Waals surface area contributed by atoms with Gasteiger partial charge >= 0.3 is 0 Å². The number of benzene rings is 2. The minimum atomic E-state index is -0.173. The number of ketones is 1. The van der Waals surface area contributed by atoms with E-state index in [9.17, 15) is 9.90 Å². The largest absolute Gasteiger partial charge is 0.511 e. The van der Waals surface area contributed by atoms with Gasteiger partial charge in [-0.2, -0.15) is 0 Å². The molecule has 0 spiro atoms. The number of aromatic nitrogens is 1. The van der Waals surface area contributed by atoms with Gasteiger partial charge in [-0.25, -0.2) is 4.98 Å². The van der Waals surface area contributed by atoms with Crippen molar-refractivity contribution >= 4 is 44.5 Å². The van der Waals surface area contributed by atoms with Crippen LogP contribution in [0.25, 0.3) is 15.8 Å². The van der Waals surface area contributed by atoms with Gasteiger partial charge in [0.1, 0.15) is 11.5 Å². The third-order valence-electron chi connectivity index (χ3n) is 6.85. The number of fused-ring (bicyclic) bond motifs is 1. The lowest BCUT2D eigenvalue weighted by Crippen LogP contribution is -2.24. The van der Waals surface area contributed by atoms with Gasteiger partial charge in [0, 0.05) is 16.9 Å². The highest BCUT2D eigenvalue weighted by atomic mass is 35.5. The molecule has 0 saturated heterocycles. The Labute approximate surface area is 204 Å². The van der Waals surface area contributed by atoms with Crippen molar-refractivity contribution in [2.24, 2.45) is 17.8 Å². The van der Waals surface area contributed by atoms with E-state index in [-0.39, 0.29) is 29.3 Å². The first-order valence-electron chi connectivity index (χ1n) is 11.8. The summed E-state index contributed by atoms with van der Waals surface area (Å²) < 4.78 is 7.08. The van der Waals surface area contributed by atoms with E-state index < -0.39 is 0 Å². The lowest BCUT2D eigenvalue weighted by Gasteiger charge is -2.25. The summed E-state index contributed by atoms with van der Waals surface area (Å²) in [5.41, 5.74) is 3.05. The Morgan fingerprint density at radius 2 is 1.88 bits per heavy atom. The first-order chi connectivity index (χ1) is 15.9. The van der Waals surface area contributed by atoms with E-state index in [0.29, 0.717) is 21.5 Å². The molecule has 0 saturated carbocycles. The van der Waals surface area contributed by atoms with Gasteiger partial charge in [0.25, 0.3) is 5.19 Å². The molecule has 2 aromatic carbocycles. The second-order valence-electron chi connectivity index (χ2n) is 8.61. The average molecular weight is 484 g/mol. The maximum atomic E-state index is 13.5. The minimum absolute atomic E-state index is 0.0494. The van der Waals surface area contributed by atoms with Crippen LogP contribution in [0.2, 0.25) is 5.02 Å². The molecule has 0 amide bonds. The molecular weight excluding hydrogens is 454 g/mol. The Bertz CT molecular complexity index is 1210. The monoisotopic (exact) mass is 483 g/mol. The van der Waals surface area contributed by atoms with Crippen molar-refractivity contribution in [2.45, 2.75) is 53.4 Å². The topological polar surface area (TPSA) is 59.4 Å². The molecule has 33 heavy (non-hydrogen) atoms. The van der Waals surface area contributed by atoms with Crippen LogP contribution in [0.3, 0.4) is 0 Å². The molecule has 4 nitrogen and oxygen atoms in total. The van der Waals surface area contributed by atoms with Gasteiger partial charge in [-0.1, -0.05) is 69.5 Å². The van der Waals surface area contributed by atoms with E-state index in [1.165, 1.54) is 11.3 Å². The number of carbonyl (C=O) groups is 1. The number of aliphatic hydroxyl groups excluding tert-OH is 1. The first-order valence-corrected chi connectivity index (χ1v) is 13.0. The van der Waals surface area contributed by atoms with E-state index in [1.807, 2.05) is 43.3 Å². The molecule has 1 heterocycles. The number of ether oxygens (including phenoxy) is 1. The second kappa shape index (κ2) is 9.86. The maximum absolute atomic E-state index is 13.5.